The number of amides is 5. The first kappa shape index (κ1) is 41.9. The number of piperidine rings is 2. The monoisotopic (exact) mass is 852 g/mol. The van der Waals surface area contributed by atoms with Crippen molar-refractivity contribution in [3.63, 3.8) is 0 Å². The number of carbonyl (C=O) groups excluding carboxylic acids is 5. The molecule has 2 aromatic carbocycles. The van der Waals surface area contributed by atoms with E-state index in [0.717, 1.165) is 61.4 Å². The first-order valence-corrected chi connectivity index (χ1v) is 21.8. The van der Waals surface area contributed by atoms with Gasteiger partial charge in [0.1, 0.15) is 41.6 Å². The molecule has 5 amide bonds. The van der Waals surface area contributed by atoms with E-state index in [1.807, 2.05) is 30.3 Å². The molecular weight excluding hydrogens is 801 g/mol. The lowest BCUT2D eigenvalue weighted by atomic mass is 9.49. The van der Waals surface area contributed by atoms with Crippen LogP contribution in [0.2, 0.25) is 0 Å². The first-order chi connectivity index (χ1) is 30.1. The number of fused-ring (bicyclic) bond motifs is 2. The number of pyridine rings is 2. The molecule has 15 nitrogen and oxygen atoms in total. The van der Waals surface area contributed by atoms with Crippen LogP contribution in [-0.2, 0) is 9.59 Å². The summed E-state index contributed by atoms with van der Waals surface area (Å²) in [4.78, 5) is 78.7. The molecule has 63 heavy (non-hydrogen) atoms. The molecule has 1 unspecified atom stereocenters. The normalized spacial score (nSPS) is 25.2. The van der Waals surface area contributed by atoms with E-state index in [2.05, 4.69) is 66.2 Å². The summed E-state index contributed by atoms with van der Waals surface area (Å²) in [5.74, 6) is 0.295. The predicted octanol–water partition coefficient (Wildman–Crippen LogP) is 5.27. The Kier molecular flexibility index (Phi) is 10.7. The minimum Gasteiger partial charge on any atom is -0.490 e. The Morgan fingerprint density at radius 2 is 1.68 bits per heavy atom. The summed E-state index contributed by atoms with van der Waals surface area (Å²) in [5, 5.41) is 15.9. The van der Waals surface area contributed by atoms with Crippen LogP contribution in [0.25, 0.3) is 10.9 Å². The summed E-state index contributed by atoms with van der Waals surface area (Å²) in [7, 11) is 2.16. The van der Waals surface area contributed by atoms with Crippen LogP contribution < -0.4 is 25.0 Å². The molecule has 9 rings (SSSR count). The highest BCUT2D eigenvalue weighted by Gasteiger charge is 2.64. The third kappa shape index (κ3) is 7.53. The number of ether oxygens (including phenoxy) is 2. The summed E-state index contributed by atoms with van der Waals surface area (Å²) in [6.07, 6.45) is 7.07. The lowest BCUT2D eigenvalue weighted by Gasteiger charge is -2.63. The van der Waals surface area contributed by atoms with Crippen LogP contribution in [0.4, 0.5) is 5.82 Å². The van der Waals surface area contributed by atoms with E-state index in [4.69, 9.17) is 14.5 Å². The number of nitrogens with one attached hydrogen (secondary N) is 2. The molecule has 0 spiro atoms. The minimum atomic E-state index is -1.00. The van der Waals surface area contributed by atoms with Gasteiger partial charge in [-0.2, -0.15) is 5.26 Å². The lowest BCUT2D eigenvalue weighted by Crippen LogP contribution is -2.74. The molecule has 2 saturated carbocycles. The standard InChI is InChI=1S/C48H52N8O7/c1-47(2)45(48(3,4)46(47)63-37-13-8-28(24-49)40-34(37)7-6-18-50-40)53-41(58)29-9-14-38(51-25-29)55-19-16-27(17-20-55)26-54(5)30-21-32(22-30)62-31-10-11-33-35(23-31)44(61)56(43(33)60)36-12-15-39(57)52-42(36)59/h6-11,13-14,18,23,25,27,30,32,36,45-46H,12,15-17,19-22,26H2,1-5H3,(H,53,58)(H,52,57,59). The van der Waals surface area contributed by atoms with Crippen molar-refractivity contribution in [2.24, 2.45) is 16.7 Å². The number of benzene rings is 2. The van der Waals surface area contributed by atoms with E-state index in [1.165, 1.54) is 0 Å². The van der Waals surface area contributed by atoms with Crippen molar-refractivity contribution in [2.75, 3.05) is 31.6 Å². The summed E-state index contributed by atoms with van der Waals surface area (Å²) in [6.45, 7) is 11.2. The van der Waals surface area contributed by atoms with Gasteiger partial charge < -0.3 is 24.6 Å². The topological polar surface area (TPSA) is 187 Å². The SMILES string of the molecule is CN(CC1CCN(c2ccc(C(=O)NC3C(C)(C)C(Oc4ccc(C#N)c5ncccc45)C3(C)C)cn2)CC1)C1CC(Oc2ccc3c(c2)C(=O)N(C2CCC(=O)NC2=O)C3=O)C1. The van der Waals surface area contributed by atoms with Crippen molar-refractivity contribution in [1.82, 2.24) is 30.4 Å². The first-order valence-electron chi connectivity index (χ1n) is 21.8. The molecule has 15 heteroatoms. The third-order valence-electron chi connectivity index (χ3n) is 14.1. The van der Waals surface area contributed by atoms with Crippen molar-refractivity contribution >= 4 is 46.3 Å². The molecule has 4 aromatic rings. The van der Waals surface area contributed by atoms with Crippen molar-refractivity contribution < 1.29 is 33.4 Å². The largest absolute Gasteiger partial charge is 0.490 e. The average molecular weight is 853 g/mol. The highest BCUT2D eigenvalue weighted by molar-refractivity contribution is 6.23. The Labute approximate surface area is 366 Å². The number of carbonyl (C=O) groups is 5. The lowest BCUT2D eigenvalue weighted by molar-refractivity contribution is -0.163. The number of aromatic nitrogens is 2. The number of hydrogen-bond acceptors (Lipinski definition) is 12. The predicted molar refractivity (Wildman–Crippen MR) is 232 cm³/mol. The van der Waals surface area contributed by atoms with E-state index in [1.54, 1.807) is 36.7 Å². The van der Waals surface area contributed by atoms with Crippen LogP contribution in [0.1, 0.15) is 103 Å². The van der Waals surface area contributed by atoms with Gasteiger partial charge in [0.25, 0.3) is 17.7 Å². The van der Waals surface area contributed by atoms with Crippen LogP contribution in [0, 0.1) is 28.1 Å². The zero-order valence-electron chi connectivity index (χ0n) is 36.2. The number of anilines is 1. The van der Waals surface area contributed by atoms with Gasteiger partial charge in [-0.05, 0) is 86.8 Å². The second kappa shape index (κ2) is 16.1. The second-order valence-corrected chi connectivity index (χ2v) is 19.0. The average Bonchev–Trinajstić information content (AvgIpc) is 3.50. The maximum Gasteiger partial charge on any atom is 0.262 e. The Balaban J connectivity index is 0.722. The summed E-state index contributed by atoms with van der Waals surface area (Å²) >= 11 is 0. The molecule has 2 aliphatic carbocycles. The fourth-order valence-electron chi connectivity index (χ4n) is 10.8. The fourth-order valence-corrected chi connectivity index (χ4v) is 10.8. The quantitative estimate of drug-likeness (QED) is 0.187. The van der Waals surface area contributed by atoms with Gasteiger partial charge in [0.05, 0.1) is 27.8 Å². The molecule has 2 aromatic heterocycles. The Hall–Kier alpha value is -6.40. The van der Waals surface area contributed by atoms with Crippen LogP contribution in [0.15, 0.2) is 67.0 Å². The van der Waals surface area contributed by atoms with Gasteiger partial charge in [-0.15, -0.1) is 0 Å². The molecule has 2 N–H and O–H groups in total. The van der Waals surface area contributed by atoms with E-state index < -0.39 is 29.7 Å². The van der Waals surface area contributed by atoms with Crippen LogP contribution in [-0.4, -0.2) is 106 Å². The molecule has 1 atom stereocenters. The van der Waals surface area contributed by atoms with Gasteiger partial charge >= 0.3 is 0 Å². The molecule has 4 fully saturated rings. The molecule has 0 bridgehead atoms. The molecule has 2 saturated heterocycles. The molecule has 3 aliphatic heterocycles. The van der Waals surface area contributed by atoms with Crippen LogP contribution in [0.3, 0.4) is 0 Å². The summed E-state index contributed by atoms with van der Waals surface area (Å²) in [5.41, 5.74) is 1.29. The zero-order valence-corrected chi connectivity index (χ0v) is 36.2. The summed E-state index contributed by atoms with van der Waals surface area (Å²) in [6, 6.07) is 17.4. The van der Waals surface area contributed by atoms with Gasteiger partial charge in [-0.1, -0.05) is 27.7 Å². The minimum absolute atomic E-state index is 0.0105. The van der Waals surface area contributed by atoms with Crippen molar-refractivity contribution in [2.45, 2.75) is 96.6 Å². The smallest absolute Gasteiger partial charge is 0.262 e. The number of rotatable bonds is 11. The number of nitrogens with zero attached hydrogens (tertiary/aromatic N) is 6. The van der Waals surface area contributed by atoms with E-state index >= 15 is 0 Å². The highest BCUT2D eigenvalue weighted by Crippen LogP contribution is 2.56. The van der Waals surface area contributed by atoms with E-state index in [9.17, 15) is 29.2 Å². The molecule has 326 valence electrons. The second-order valence-electron chi connectivity index (χ2n) is 19.0. The van der Waals surface area contributed by atoms with Gasteiger partial charge in [-0.3, -0.25) is 39.2 Å². The Morgan fingerprint density at radius 1 is 0.937 bits per heavy atom. The number of hydrogen-bond donors (Lipinski definition) is 2. The fraction of sp³-hybridized carbons (Fsp3) is 0.458. The molecule has 5 heterocycles. The van der Waals surface area contributed by atoms with Crippen LogP contribution in [0.5, 0.6) is 11.5 Å². The van der Waals surface area contributed by atoms with Gasteiger partial charge in [0.15, 0.2) is 0 Å². The van der Waals surface area contributed by atoms with Crippen molar-refractivity contribution in [3.8, 4) is 17.6 Å². The summed E-state index contributed by atoms with van der Waals surface area (Å²) < 4.78 is 12.9. The van der Waals surface area contributed by atoms with Crippen LogP contribution >= 0.6 is 0 Å². The maximum atomic E-state index is 13.6. The molecular formula is C48H52N8O7. The zero-order chi connectivity index (χ0) is 44.4. The Bertz CT molecular complexity index is 2540. The van der Waals surface area contributed by atoms with Crippen molar-refractivity contribution in [3.05, 3.63) is 89.2 Å². The van der Waals surface area contributed by atoms with Crippen molar-refractivity contribution in [1.29, 1.82) is 5.26 Å². The maximum absolute atomic E-state index is 13.6. The number of imide groups is 2. The molecule has 0 radical (unpaired) electrons. The third-order valence-corrected chi connectivity index (χ3v) is 14.1. The Morgan fingerprint density at radius 3 is 2.38 bits per heavy atom. The van der Waals surface area contributed by atoms with Gasteiger partial charge in [-0.25, -0.2) is 4.98 Å². The van der Waals surface area contributed by atoms with E-state index in [-0.39, 0.29) is 59.0 Å². The highest BCUT2D eigenvalue weighted by atomic mass is 16.5. The molecule has 5 aliphatic rings. The number of nitriles is 1. The van der Waals surface area contributed by atoms with Gasteiger partial charge in [0, 0.05) is 79.6 Å². The van der Waals surface area contributed by atoms with Gasteiger partial charge in [0.2, 0.25) is 11.8 Å². The van der Waals surface area contributed by atoms with E-state index in [0.29, 0.717) is 40.1 Å².